The average molecular weight is 228 g/mol. The highest BCUT2D eigenvalue weighted by Crippen LogP contribution is 2.24. The van der Waals surface area contributed by atoms with Gasteiger partial charge in [0.25, 0.3) is 0 Å². The molecule has 1 saturated heterocycles. The summed E-state index contributed by atoms with van der Waals surface area (Å²) in [5.74, 6) is -0.665. The molecule has 1 aliphatic rings. The number of carboxylic acid groups (broad SMARTS) is 1. The van der Waals surface area contributed by atoms with Gasteiger partial charge in [-0.3, -0.25) is 9.69 Å². The molecule has 0 bridgehead atoms. The first-order valence-electron chi connectivity index (χ1n) is 6.27. The van der Waals surface area contributed by atoms with Crippen molar-refractivity contribution in [1.82, 2.24) is 10.2 Å². The van der Waals surface area contributed by atoms with E-state index in [1.165, 1.54) is 0 Å². The molecule has 2 N–H and O–H groups in total. The predicted molar refractivity (Wildman–Crippen MR) is 64.6 cm³/mol. The maximum atomic E-state index is 11.2. The van der Waals surface area contributed by atoms with Gasteiger partial charge in [0, 0.05) is 12.1 Å². The first-order valence-corrected chi connectivity index (χ1v) is 6.27. The van der Waals surface area contributed by atoms with Crippen LogP contribution in [0.2, 0.25) is 0 Å². The van der Waals surface area contributed by atoms with Crippen molar-refractivity contribution in [3.8, 4) is 0 Å². The molecule has 4 heteroatoms. The van der Waals surface area contributed by atoms with Crippen LogP contribution in [0.3, 0.4) is 0 Å². The van der Waals surface area contributed by atoms with Crippen LogP contribution < -0.4 is 5.32 Å². The van der Waals surface area contributed by atoms with Crippen LogP contribution in [0.5, 0.6) is 0 Å². The lowest BCUT2D eigenvalue weighted by Crippen LogP contribution is -2.51. The Kier molecular flexibility index (Phi) is 5.22. The van der Waals surface area contributed by atoms with Crippen LogP contribution in [0.15, 0.2) is 0 Å². The molecule has 4 nitrogen and oxygen atoms in total. The smallest absolute Gasteiger partial charge is 0.320 e. The maximum Gasteiger partial charge on any atom is 0.320 e. The first kappa shape index (κ1) is 13.5. The van der Waals surface area contributed by atoms with Crippen LogP contribution in [0, 0.1) is 0 Å². The van der Waals surface area contributed by atoms with Crippen LogP contribution in [-0.2, 0) is 4.79 Å². The van der Waals surface area contributed by atoms with Crippen LogP contribution in [0.1, 0.15) is 39.5 Å². The Bertz CT molecular complexity index is 233. The third-order valence-corrected chi connectivity index (χ3v) is 3.62. The zero-order valence-electron chi connectivity index (χ0n) is 10.6. The van der Waals surface area contributed by atoms with Crippen molar-refractivity contribution in [2.24, 2.45) is 0 Å². The van der Waals surface area contributed by atoms with Gasteiger partial charge < -0.3 is 10.4 Å². The Morgan fingerprint density at radius 2 is 2.31 bits per heavy atom. The van der Waals surface area contributed by atoms with E-state index < -0.39 is 5.97 Å². The van der Waals surface area contributed by atoms with Gasteiger partial charge in [0.05, 0.1) is 0 Å². The molecule has 0 amide bonds. The van der Waals surface area contributed by atoms with E-state index in [1.54, 1.807) is 0 Å². The number of nitrogens with zero attached hydrogens (tertiary/aromatic N) is 1. The molecule has 94 valence electrons. The molecule has 1 rings (SSSR count). The van der Waals surface area contributed by atoms with Crippen molar-refractivity contribution in [3.63, 3.8) is 0 Å². The van der Waals surface area contributed by atoms with Gasteiger partial charge in [-0.15, -0.1) is 0 Å². The van der Waals surface area contributed by atoms with Gasteiger partial charge in [0.1, 0.15) is 6.04 Å². The number of carboxylic acids is 1. The fourth-order valence-corrected chi connectivity index (χ4v) is 2.64. The van der Waals surface area contributed by atoms with Gasteiger partial charge in [-0.2, -0.15) is 0 Å². The number of aliphatic carboxylic acids is 1. The number of likely N-dealkylation sites (N-methyl/N-ethyl adjacent to an activating group) is 1. The molecule has 0 aromatic rings. The molecule has 0 radical (unpaired) electrons. The topological polar surface area (TPSA) is 52.6 Å². The number of likely N-dealkylation sites (tertiary alicyclic amines) is 1. The zero-order chi connectivity index (χ0) is 12.1. The minimum atomic E-state index is -0.665. The second-order valence-corrected chi connectivity index (χ2v) is 4.67. The highest BCUT2D eigenvalue weighted by atomic mass is 16.4. The quantitative estimate of drug-likeness (QED) is 0.720. The van der Waals surface area contributed by atoms with E-state index in [4.69, 9.17) is 0 Å². The lowest BCUT2D eigenvalue weighted by molar-refractivity contribution is -0.143. The highest BCUT2D eigenvalue weighted by Gasteiger charge is 2.36. The minimum absolute atomic E-state index is 0.271. The summed E-state index contributed by atoms with van der Waals surface area (Å²) < 4.78 is 0. The predicted octanol–water partition coefficient (Wildman–Crippen LogP) is 1.31. The maximum absolute atomic E-state index is 11.2. The standard InChI is InChI=1S/C12H24N2O2/c1-4-6-10(9(2)13-3)14-8-5-7-11(14)12(15)16/h9-11,13H,4-8H2,1-3H3,(H,15,16). The van der Waals surface area contributed by atoms with Gasteiger partial charge >= 0.3 is 5.97 Å². The number of carbonyl (C=O) groups is 1. The summed E-state index contributed by atoms with van der Waals surface area (Å²) in [6.45, 7) is 5.21. The number of nitrogens with one attached hydrogen (secondary N) is 1. The lowest BCUT2D eigenvalue weighted by Gasteiger charge is -2.35. The molecule has 0 spiro atoms. The van der Waals surface area contributed by atoms with Gasteiger partial charge in [0.15, 0.2) is 0 Å². The van der Waals surface area contributed by atoms with Gasteiger partial charge in [-0.05, 0) is 39.8 Å². The van der Waals surface area contributed by atoms with E-state index in [1.807, 2.05) is 7.05 Å². The molecule has 0 aliphatic carbocycles. The van der Waals surface area contributed by atoms with Crippen molar-refractivity contribution in [3.05, 3.63) is 0 Å². The normalized spacial score (nSPS) is 25.6. The molecule has 16 heavy (non-hydrogen) atoms. The SMILES string of the molecule is CCCC(C(C)NC)N1CCCC1C(=O)O. The highest BCUT2D eigenvalue weighted by molar-refractivity contribution is 5.73. The Labute approximate surface area is 98.0 Å². The summed E-state index contributed by atoms with van der Waals surface area (Å²) in [7, 11) is 1.94. The molecule has 1 heterocycles. The van der Waals surface area contributed by atoms with Gasteiger partial charge in [-0.1, -0.05) is 13.3 Å². The van der Waals surface area contributed by atoms with Crippen LogP contribution in [0.4, 0.5) is 0 Å². The Morgan fingerprint density at radius 3 is 2.81 bits per heavy atom. The summed E-state index contributed by atoms with van der Waals surface area (Å²) >= 11 is 0. The van der Waals surface area contributed by atoms with Gasteiger partial charge in [0.2, 0.25) is 0 Å². The van der Waals surface area contributed by atoms with Crippen LogP contribution in [0.25, 0.3) is 0 Å². The van der Waals surface area contributed by atoms with Crippen molar-refractivity contribution < 1.29 is 9.90 Å². The van der Waals surface area contributed by atoms with Crippen molar-refractivity contribution in [2.45, 2.75) is 57.7 Å². The van der Waals surface area contributed by atoms with E-state index in [0.29, 0.717) is 12.1 Å². The second kappa shape index (κ2) is 6.21. The molecular formula is C12H24N2O2. The Hall–Kier alpha value is -0.610. The molecular weight excluding hydrogens is 204 g/mol. The lowest BCUT2D eigenvalue weighted by atomic mass is 10.0. The average Bonchev–Trinajstić information content (AvgIpc) is 2.73. The van der Waals surface area contributed by atoms with E-state index in [9.17, 15) is 9.90 Å². The van der Waals surface area contributed by atoms with Crippen molar-refractivity contribution >= 4 is 5.97 Å². The first-order chi connectivity index (χ1) is 7.61. The third kappa shape index (κ3) is 2.95. The fourth-order valence-electron chi connectivity index (χ4n) is 2.64. The van der Waals surface area contributed by atoms with Gasteiger partial charge in [-0.25, -0.2) is 0 Å². The van der Waals surface area contributed by atoms with Crippen molar-refractivity contribution in [2.75, 3.05) is 13.6 Å². The Balaban J connectivity index is 2.72. The van der Waals surface area contributed by atoms with Crippen LogP contribution >= 0.6 is 0 Å². The fraction of sp³-hybridized carbons (Fsp3) is 0.917. The molecule has 3 atom stereocenters. The molecule has 0 saturated carbocycles. The molecule has 1 fully saturated rings. The van der Waals surface area contributed by atoms with Crippen LogP contribution in [-0.4, -0.2) is 47.7 Å². The molecule has 3 unspecified atom stereocenters. The van der Waals surface area contributed by atoms with E-state index in [-0.39, 0.29) is 6.04 Å². The van der Waals surface area contributed by atoms with E-state index in [2.05, 4.69) is 24.1 Å². The summed E-state index contributed by atoms with van der Waals surface area (Å²) in [4.78, 5) is 13.3. The molecule has 0 aromatic heterocycles. The van der Waals surface area contributed by atoms with Crippen molar-refractivity contribution in [1.29, 1.82) is 0 Å². The number of hydrogen-bond acceptors (Lipinski definition) is 3. The van der Waals surface area contributed by atoms with E-state index in [0.717, 1.165) is 32.2 Å². The molecule has 1 aliphatic heterocycles. The monoisotopic (exact) mass is 228 g/mol. The van der Waals surface area contributed by atoms with E-state index >= 15 is 0 Å². The minimum Gasteiger partial charge on any atom is -0.480 e. The summed E-state index contributed by atoms with van der Waals surface area (Å²) in [5, 5.41) is 12.4. The number of hydrogen-bond donors (Lipinski definition) is 2. The third-order valence-electron chi connectivity index (χ3n) is 3.62. The summed E-state index contributed by atoms with van der Waals surface area (Å²) in [6.07, 6.45) is 3.96. The summed E-state index contributed by atoms with van der Waals surface area (Å²) in [5.41, 5.74) is 0. The number of rotatable bonds is 6. The second-order valence-electron chi connectivity index (χ2n) is 4.67. The summed E-state index contributed by atoms with van der Waals surface area (Å²) in [6, 6.07) is 0.422. The molecule has 0 aromatic carbocycles. The Morgan fingerprint density at radius 1 is 1.62 bits per heavy atom. The largest absolute Gasteiger partial charge is 0.480 e. The zero-order valence-corrected chi connectivity index (χ0v) is 10.6.